The molecule has 0 amide bonds. The van der Waals surface area contributed by atoms with Gasteiger partial charge in [-0.25, -0.2) is 9.59 Å². The smallest absolute Gasteiger partial charge is 0.339 e. The van der Waals surface area contributed by atoms with Gasteiger partial charge < -0.3 is 18.6 Å². The average Bonchev–Trinajstić information content (AvgIpc) is 3.25. The molecule has 2 aromatic heterocycles. The van der Waals surface area contributed by atoms with Crippen molar-refractivity contribution in [2.24, 2.45) is 0 Å². The van der Waals surface area contributed by atoms with Gasteiger partial charge in [0.15, 0.2) is 0 Å². The Morgan fingerprint density at radius 3 is 1.31 bits per heavy atom. The van der Waals surface area contributed by atoms with Gasteiger partial charge in [0, 0.05) is 36.6 Å². The van der Waals surface area contributed by atoms with E-state index >= 15 is 0 Å². The first-order valence-corrected chi connectivity index (χ1v) is 13.9. The first-order valence-electron chi connectivity index (χ1n) is 13.9. The fraction of sp³-hybridized carbons (Fsp3) is 0.438. The van der Waals surface area contributed by atoms with E-state index in [1.54, 1.807) is 66.1 Å². The molecular formula is C32H34N4O6. The summed E-state index contributed by atoms with van der Waals surface area (Å²) in [4.78, 5) is 51.0. The van der Waals surface area contributed by atoms with E-state index in [-0.39, 0.29) is 22.3 Å². The molecule has 0 saturated heterocycles. The molecule has 0 unspecified atom stereocenters. The number of unbranched alkanes of at least 4 members (excludes halogenated alkanes) is 3. The molecule has 0 radical (unpaired) electrons. The predicted octanol–water partition coefficient (Wildman–Crippen LogP) is 4.23. The molecule has 0 bridgehead atoms. The second kappa shape index (κ2) is 11.3. The van der Waals surface area contributed by atoms with Gasteiger partial charge >= 0.3 is 11.9 Å². The van der Waals surface area contributed by atoms with Gasteiger partial charge in [-0.2, -0.15) is 10.5 Å². The summed E-state index contributed by atoms with van der Waals surface area (Å²) in [6.07, 6.45) is 6.07. The number of aromatic nitrogens is 2. The van der Waals surface area contributed by atoms with Crippen molar-refractivity contribution in [2.45, 2.75) is 91.5 Å². The maximum Gasteiger partial charge on any atom is 0.339 e. The van der Waals surface area contributed by atoms with Gasteiger partial charge in [-0.3, -0.25) is 9.59 Å². The van der Waals surface area contributed by atoms with Crippen LogP contribution in [0.15, 0.2) is 45.3 Å². The van der Waals surface area contributed by atoms with E-state index in [9.17, 15) is 29.7 Å². The Morgan fingerprint density at radius 2 is 1.02 bits per heavy atom. The van der Waals surface area contributed by atoms with Gasteiger partial charge in [-0.1, -0.05) is 12.8 Å². The quantitative estimate of drug-likeness (QED) is 0.322. The highest BCUT2D eigenvalue weighted by Crippen LogP contribution is 2.38. The van der Waals surface area contributed by atoms with Crippen LogP contribution in [0, 0.1) is 22.7 Å². The lowest BCUT2D eigenvalue weighted by Gasteiger charge is -2.18. The van der Waals surface area contributed by atoms with Crippen LogP contribution in [0.1, 0.15) is 89.5 Å². The summed E-state index contributed by atoms with van der Waals surface area (Å²) in [5.41, 5.74) is -0.208. The van der Waals surface area contributed by atoms with Gasteiger partial charge in [0.05, 0.1) is 11.1 Å². The van der Waals surface area contributed by atoms with E-state index in [1.165, 1.54) is 9.13 Å². The van der Waals surface area contributed by atoms with Crippen LogP contribution < -0.4 is 11.1 Å². The molecule has 0 fully saturated rings. The molecule has 0 saturated carbocycles. The second-order valence-corrected chi connectivity index (χ2v) is 11.6. The third-order valence-electron chi connectivity index (χ3n) is 8.30. The summed E-state index contributed by atoms with van der Waals surface area (Å²) in [5.74, 6) is -1.09. The van der Waals surface area contributed by atoms with Gasteiger partial charge in [0.25, 0.3) is 11.1 Å². The summed E-state index contributed by atoms with van der Waals surface area (Å²) >= 11 is 0. The number of nitrogens with zero attached hydrogens (tertiary/aromatic N) is 4. The largest absolute Gasteiger partial charge is 0.451 e. The summed E-state index contributed by atoms with van der Waals surface area (Å²) in [6, 6.07) is 7.17. The molecule has 4 heterocycles. The van der Waals surface area contributed by atoms with Crippen molar-refractivity contribution in [1.82, 2.24) is 9.13 Å². The lowest BCUT2D eigenvalue weighted by atomic mass is 9.92. The Labute approximate surface area is 244 Å². The standard InChI is InChI=1S/C32H34N4O6/c1-19-25(29(39)41-31(19,3)4)21-11-15-35(27(37)23(21)17-33)13-9-7-8-10-14-36-16-12-22(24(18-34)28(36)38)26-20(2)32(5,6)42-30(26)40/h11-12,15-16H,7-10,13-14H2,1-6H3. The van der Waals surface area contributed by atoms with Crippen LogP contribution in [0.2, 0.25) is 0 Å². The maximum atomic E-state index is 13.0. The van der Waals surface area contributed by atoms with Crippen molar-refractivity contribution in [3.8, 4) is 12.1 Å². The Balaban J connectivity index is 1.38. The van der Waals surface area contributed by atoms with E-state index in [1.807, 2.05) is 12.1 Å². The SMILES string of the molecule is CC1=C(c2ccn(CCCCCCn3ccc(C4=C(C)C(C)(C)OC4=O)c(C#N)c3=O)c(=O)c2C#N)C(=O)OC1(C)C. The minimum absolute atomic E-state index is 0.0852. The molecule has 218 valence electrons. The summed E-state index contributed by atoms with van der Waals surface area (Å²) in [5, 5.41) is 19.4. The highest BCUT2D eigenvalue weighted by atomic mass is 16.6. The number of hydrogen-bond acceptors (Lipinski definition) is 8. The molecule has 2 aromatic rings. The fourth-order valence-electron chi connectivity index (χ4n) is 5.30. The maximum absolute atomic E-state index is 13.0. The normalized spacial score (nSPS) is 17.2. The predicted molar refractivity (Wildman–Crippen MR) is 155 cm³/mol. The van der Waals surface area contributed by atoms with Crippen molar-refractivity contribution in [3.05, 3.63) is 78.6 Å². The molecule has 0 aliphatic carbocycles. The third-order valence-corrected chi connectivity index (χ3v) is 8.30. The second-order valence-electron chi connectivity index (χ2n) is 11.6. The summed E-state index contributed by atoms with van der Waals surface area (Å²) < 4.78 is 13.8. The molecule has 10 heteroatoms. The molecule has 0 aromatic carbocycles. The number of rotatable bonds is 9. The Hall–Kier alpha value is -4.70. The zero-order chi connectivity index (χ0) is 31.0. The molecule has 10 nitrogen and oxygen atoms in total. The topological polar surface area (TPSA) is 144 Å². The Bertz CT molecular complexity index is 1630. The minimum Gasteiger partial charge on any atom is -0.451 e. The van der Waals surface area contributed by atoms with E-state index in [0.717, 1.165) is 12.8 Å². The lowest BCUT2D eigenvalue weighted by molar-refractivity contribution is -0.143. The van der Waals surface area contributed by atoms with Gasteiger partial charge in [0.2, 0.25) is 0 Å². The lowest BCUT2D eigenvalue weighted by Crippen LogP contribution is -2.24. The van der Waals surface area contributed by atoms with Crippen molar-refractivity contribution in [3.63, 3.8) is 0 Å². The third kappa shape index (κ3) is 5.33. The number of aryl methyl sites for hydroxylation is 2. The van der Waals surface area contributed by atoms with Crippen molar-refractivity contribution < 1.29 is 19.1 Å². The number of hydrogen-bond donors (Lipinski definition) is 0. The number of carbonyl (C=O) groups is 2. The number of pyridine rings is 2. The van der Waals surface area contributed by atoms with Crippen LogP contribution in [0.5, 0.6) is 0 Å². The Kier molecular flexibility index (Phi) is 8.13. The molecule has 4 rings (SSSR count). The van der Waals surface area contributed by atoms with Crippen molar-refractivity contribution >= 4 is 23.1 Å². The molecular weight excluding hydrogens is 536 g/mol. The summed E-state index contributed by atoms with van der Waals surface area (Å²) in [7, 11) is 0. The van der Waals surface area contributed by atoms with E-state index in [2.05, 4.69) is 0 Å². The van der Waals surface area contributed by atoms with E-state index < -0.39 is 34.3 Å². The minimum atomic E-state index is -0.796. The molecule has 42 heavy (non-hydrogen) atoms. The van der Waals surface area contributed by atoms with Gasteiger partial charge in [0.1, 0.15) is 34.5 Å². The number of cyclic esters (lactones) is 2. The number of esters is 2. The highest BCUT2D eigenvalue weighted by molar-refractivity contribution is 6.21. The zero-order valence-corrected chi connectivity index (χ0v) is 24.8. The summed E-state index contributed by atoms with van der Waals surface area (Å²) in [6.45, 7) is 11.4. The van der Waals surface area contributed by atoms with Crippen LogP contribution in [0.4, 0.5) is 0 Å². The fourth-order valence-corrected chi connectivity index (χ4v) is 5.30. The Morgan fingerprint density at radius 1 is 0.667 bits per heavy atom. The number of ether oxygens (including phenoxy) is 2. The van der Waals surface area contributed by atoms with Crippen LogP contribution in [-0.2, 0) is 32.2 Å². The van der Waals surface area contributed by atoms with Crippen molar-refractivity contribution in [1.29, 1.82) is 10.5 Å². The molecule has 2 aliphatic heterocycles. The molecule has 0 atom stereocenters. The van der Waals surface area contributed by atoms with Crippen LogP contribution in [0.25, 0.3) is 11.1 Å². The number of carbonyl (C=O) groups excluding carboxylic acids is 2. The highest BCUT2D eigenvalue weighted by Gasteiger charge is 2.40. The first-order chi connectivity index (χ1) is 19.7. The van der Waals surface area contributed by atoms with Gasteiger partial charge in [-0.05, 0) is 77.7 Å². The molecule has 0 spiro atoms. The number of nitriles is 2. The van der Waals surface area contributed by atoms with Crippen LogP contribution in [-0.4, -0.2) is 32.3 Å². The monoisotopic (exact) mass is 570 g/mol. The van der Waals surface area contributed by atoms with E-state index in [4.69, 9.17) is 9.47 Å². The molecule has 0 N–H and O–H groups in total. The average molecular weight is 571 g/mol. The van der Waals surface area contributed by atoms with E-state index in [0.29, 0.717) is 48.2 Å². The van der Waals surface area contributed by atoms with Crippen molar-refractivity contribution in [2.75, 3.05) is 0 Å². The zero-order valence-electron chi connectivity index (χ0n) is 24.8. The van der Waals surface area contributed by atoms with Gasteiger partial charge in [-0.15, -0.1) is 0 Å². The first kappa shape index (κ1) is 30.3. The molecule has 2 aliphatic rings. The van der Waals surface area contributed by atoms with Crippen LogP contribution in [0.3, 0.4) is 0 Å². The van der Waals surface area contributed by atoms with Crippen LogP contribution >= 0.6 is 0 Å².